The van der Waals surface area contributed by atoms with Gasteiger partial charge in [0.2, 0.25) is 15.9 Å². The Balaban J connectivity index is 1.76. The van der Waals surface area contributed by atoms with Crippen LogP contribution in [0.15, 0.2) is 24.3 Å². The summed E-state index contributed by atoms with van der Waals surface area (Å²) >= 11 is 0. The maximum atomic E-state index is 12.4. The van der Waals surface area contributed by atoms with Crippen LogP contribution < -0.4 is 14.9 Å². The molecule has 2 heterocycles. The Hall–Kier alpha value is -1.64. The van der Waals surface area contributed by atoms with Gasteiger partial charge in [-0.15, -0.1) is 0 Å². The van der Waals surface area contributed by atoms with E-state index in [0.29, 0.717) is 25.4 Å². The van der Waals surface area contributed by atoms with E-state index < -0.39 is 10.0 Å². The molecule has 4 rings (SSSR count). The molecule has 156 valence electrons. The van der Waals surface area contributed by atoms with E-state index in [9.17, 15) is 13.2 Å². The van der Waals surface area contributed by atoms with E-state index in [1.54, 1.807) is 0 Å². The van der Waals surface area contributed by atoms with Gasteiger partial charge in [-0.3, -0.25) is 4.79 Å². The SMILES string of the molecule is CN1CC(=O)NCCC(CNS(C)(=O)=O)O[C@H]2CC[C@H](CC2)c2ccccc21. The zero-order valence-corrected chi connectivity index (χ0v) is 17.5. The summed E-state index contributed by atoms with van der Waals surface area (Å²) in [6.45, 7) is 0.983. The van der Waals surface area contributed by atoms with E-state index in [1.165, 1.54) is 5.56 Å². The Kier molecular flexibility index (Phi) is 6.95. The average Bonchev–Trinajstić information content (AvgIpc) is 2.65. The predicted octanol–water partition coefficient (Wildman–Crippen LogP) is 1.60. The third-order valence-electron chi connectivity index (χ3n) is 5.59. The van der Waals surface area contributed by atoms with Crippen LogP contribution >= 0.6 is 0 Å². The lowest BCUT2D eigenvalue weighted by Gasteiger charge is -2.34. The molecule has 2 bridgehead atoms. The Morgan fingerprint density at radius 3 is 2.61 bits per heavy atom. The van der Waals surface area contributed by atoms with Gasteiger partial charge in [-0.25, -0.2) is 13.1 Å². The lowest BCUT2D eigenvalue weighted by Crippen LogP contribution is -2.41. The number of fused-ring (bicyclic) bond motifs is 9. The van der Waals surface area contributed by atoms with E-state index in [4.69, 9.17) is 4.74 Å². The van der Waals surface area contributed by atoms with Crippen molar-refractivity contribution in [2.24, 2.45) is 0 Å². The lowest BCUT2D eigenvalue weighted by molar-refractivity contribution is -0.119. The van der Waals surface area contributed by atoms with E-state index in [-0.39, 0.29) is 24.7 Å². The van der Waals surface area contributed by atoms with Gasteiger partial charge in [0.15, 0.2) is 0 Å². The van der Waals surface area contributed by atoms with E-state index >= 15 is 0 Å². The molecule has 0 radical (unpaired) electrons. The number of benzene rings is 1. The van der Waals surface area contributed by atoms with Gasteiger partial charge in [-0.05, 0) is 49.7 Å². The fourth-order valence-corrected chi connectivity index (χ4v) is 4.64. The summed E-state index contributed by atoms with van der Waals surface area (Å²) in [5, 5.41) is 2.93. The molecule has 2 N–H and O–H groups in total. The molecule has 1 amide bonds. The first kappa shape index (κ1) is 21.1. The van der Waals surface area contributed by atoms with Crippen molar-refractivity contribution in [2.45, 2.75) is 50.2 Å². The monoisotopic (exact) mass is 409 g/mol. The van der Waals surface area contributed by atoms with Crippen LogP contribution in [0.1, 0.15) is 43.6 Å². The quantitative estimate of drug-likeness (QED) is 0.792. The Morgan fingerprint density at radius 1 is 1.18 bits per heavy atom. The van der Waals surface area contributed by atoms with Gasteiger partial charge in [0.05, 0.1) is 25.0 Å². The first-order valence-corrected chi connectivity index (χ1v) is 11.9. The summed E-state index contributed by atoms with van der Waals surface area (Å²) in [6.07, 6.45) is 5.61. The molecule has 1 atom stereocenters. The number of para-hydroxylation sites is 1. The van der Waals surface area contributed by atoms with Gasteiger partial charge < -0.3 is 15.0 Å². The number of anilines is 1. The maximum absolute atomic E-state index is 12.4. The van der Waals surface area contributed by atoms with Crippen molar-refractivity contribution in [3.63, 3.8) is 0 Å². The highest BCUT2D eigenvalue weighted by Crippen LogP contribution is 2.38. The highest BCUT2D eigenvalue weighted by Gasteiger charge is 2.28. The van der Waals surface area contributed by atoms with Crippen molar-refractivity contribution in [3.05, 3.63) is 29.8 Å². The number of nitrogens with zero attached hydrogens (tertiary/aromatic N) is 1. The second-order valence-corrected chi connectivity index (χ2v) is 9.74. The third-order valence-corrected chi connectivity index (χ3v) is 6.28. The van der Waals surface area contributed by atoms with E-state index in [1.807, 2.05) is 18.0 Å². The van der Waals surface area contributed by atoms with Crippen molar-refractivity contribution < 1.29 is 17.9 Å². The molecular weight excluding hydrogens is 378 g/mol. The predicted molar refractivity (Wildman–Crippen MR) is 110 cm³/mol. The minimum atomic E-state index is -3.27. The number of amides is 1. The number of hydrogen-bond acceptors (Lipinski definition) is 5. The molecule has 0 spiro atoms. The van der Waals surface area contributed by atoms with Crippen LogP contribution in [0.25, 0.3) is 0 Å². The van der Waals surface area contributed by atoms with Crippen molar-refractivity contribution in [2.75, 3.05) is 37.8 Å². The van der Waals surface area contributed by atoms with Crippen molar-refractivity contribution in [3.8, 4) is 0 Å². The topological polar surface area (TPSA) is 87.7 Å². The molecule has 3 aliphatic rings. The molecule has 8 heteroatoms. The summed E-state index contributed by atoms with van der Waals surface area (Å²) in [6, 6.07) is 8.33. The fraction of sp³-hybridized carbons (Fsp3) is 0.650. The molecule has 0 saturated heterocycles. The van der Waals surface area contributed by atoms with Crippen LogP contribution in [0.3, 0.4) is 0 Å². The summed E-state index contributed by atoms with van der Waals surface area (Å²) in [5.41, 5.74) is 2.41. The molecular formula is C20H31N3O4S. The number of likely N-dealkylation sites (N-methyl/N-ethyl adjacent to an activating group) is 1. The van der Waals surface area contributed by atoms with Crippen LogP contribution in [0, 0.1) is 0 Å². The second-order valence-electron chi connectivity index (χ2n) is 7.91. The van der Waals surface area contributed by atoms with Crippen LogP contribution in [0.2, 0.25) is 0 Å². The molecule has 0 aromatic heterocycles. The lowest BCUT2D eigenvalue weighted by atomic mass is 9.81. The largest absolute Gasteiger partial charge is 0.374 e. The molecule has 1 aromatic rings. The third kappa shape index (κ3) is 5.93. The minimum absolute atomic E-state index is 0.0469. The van der Waals surface area contributed by atoms with Gasteiger partial charge in [-0.1, -0.05) is 18.2 Å². The minimum Gasteiger partial charge on any atom is -0.374 e. The van der Waals surface area contributed by atoms with Gasteiger partial charge in [0, 0.05) is 25.8 Å². The smallest absolute Gasteiger partial charge is 0.239 e. The molecule has 2 aliphatic heterocycles. The van der Waals surface area contributed by atoms with Crippen LogP contribution in [0.4, 0.5) is 5.69 Å². The fourth-order valence-electron chi connectivity index (χ4n) is 4.15. The Morgan fingerprint density at radius 2 is 1.89 bits per heavy atom. The van der Waals surface area contributed by atoms with Gasteiger partial charge in [0.1, 0.15) is 0 Å². The highest BCUT2D eigenvalue weighted by atomic mass is 32.2. The van der Waals surface area contributed by atoms with Crippen LogP contribution in [-0.2, 0) is 19.6 Å². The number of rotatable bonds is 3. The van der Waals surface area contributed by atoms with Crippen molar-refractivity contribution in [1.29, 1.82) is 0 Å². The number of sulfonamides is 1. The molecule has 7 nitrogen and oxygen atoms in total. The molecule has 28 heavy (non-hydrogen) atoms. The number of ether oxygens (including phenoxy) is 1. The summed E-state index contributed by atoms with van der Waals surface area (Å²) in [5.74, 6) is 0.409. The zero-order chi connectivity index (χ0) is 20.1. The van der Waals surface area contributed by atoms with Crippen LogP contribution in [-0.4, -0.2) is 59.5 Å². The Bertz CT molecular complexity index is 775. The molecule has 1 unspecified atom stereocenters. The number of hydrogen-bond donors (Lipinski definition) is 2. The van der Waals surface area contributed by atoms with E-state index in [2.05, 4.69) is 28.2 Å². The summed E-state index contributed by atoms with van der Waals surface area (Å²) < 4.78 is 31.7. The van der Waals surface area contributed by atoms with Gasteiger partial charge >= 0.3 is 0 Å². The number of carbonyl (C=O) groups is 1. The average molecular weight is 410 g/mol. The molecule has 1 aliphatic carbocycles. The Labute approximate surface area is 167 Å². The molecule has 1 saturated carbocycles. The summed E-state index contributed by atoms with van der Waals surface area (Å²) in [7, 11) is -1.32. The number of nitrogens with one attached hydrogen (secondary N) is 2. The normalized spacial score (nSPS) is 27.0. The first-order valence-electron chi connectivity index (χ1n) is 9.98. The summed E-state index contributed by atoms with van der Waals surface area (Å²) in [4.78, 5) is 14.4. The standard InChI is InChI=1S/C20H31N3O4S/c1-23-14-20(24)21-12-11-17(13-22-28(2,25)26)27-16-9-7-15(8-10-16)18-5-3-4-6-19(18)23/h3-6,15-17,22H,7-14H2,1-2H3,(H,21,24)/t15-,16+,17?. The van der Waals surface area contributed by atoms with Gasteiger partial charge in [0.25, 0.3) is 0 Å². The highest BCUT2D eigenvalue weighted by molar-refractivity contribution is 7.88. The van der Waals surface area contributed by atoms with Gasteiger partial charge in [-0.2, -0.15) is 0 Å². The van der Waals surface area contributed by atoms with E-state index in [0.717, 1.165) is 37.6 Å². The van der Waals surface area contributed by atoms with Crippen molar-refractivity contribution >= 4 is 21.6 Å². The molecule has 1 aromatic carbocycles. The van der Waals surface area contributed by atoms with Crippen LogP contribution in [0.5, 0.6) is 0 Å². The maximum Gasteiger partial charge on any atom is 0.239 e. The van der Waals surface area contributed by atoms with Crippen molar-refractivity contribution in [1.82, 2.24) is 10.0 Å². The first-order chi connectivity index (χ1) is 13.3. The molecule has 1 fully saturated rings. The second kappa shape index (κ2) is 9.24. The zero-order valence-electron chi connectivity index (χ0n) is 16.7. The number of carbonyl (C=O) groups excluding carboxylic acids is 1.